The molecule has 126 valence electrons. The summed E-state index contributed by atoms with van der Waals surface area (Å²) in [6, 6.07) is 18.5. The summed E-state index contributed by atoms with van der Waals surface area (Å²) in [4.78, 5) is 16.9. The Labute approximate surface area is 148 Å². The molecule has 2 aromatic rings. The molecule has 0 bridgehead atoms. The molecule has 0 aliphatic carbocycles. The smallest absolute Gasteiger partial charge is 0.227 e. The zero-order valence-electron chi connectivity index (χ0n) is 14.0. The first-order valence-electron chi connectivity index (χ1n) is 8.45. The van der Waals surface area contributed by atoms with Gasteiger partial charge in [0.2, 0.25) is 5.91 Å². The number of carbonyl (C=O) groups excluding carboxylic acids is 1. The Hall–Kier alpha value is -1.84. The van der Waals surface area contributed by atoms with Crippen molar-refractivity contribution in [1.29, 1.82) is 0 Å². The van der Waals surface area contributed by atoms with Gasteiger partial charge in [0.25, 0.3) is 0 Å². The van der Waals surface area contributed by atoms with Crippen LogP contribution in [0.5, 0.6) is 0 Å². The zero-order valence-corrected chi connectivity index (χ0v) is 14.7. The van der Waals surface area contributed by atoms with Gasteiger partial charge in [0.1, 0.15) is 0 Å². The number of benzene rings is 2. The van der Waals surface area contributed by atoms with Crippen molar-refractivity contribution >= 4 is 17.5 Å². The number of piperazine rings is 1. The fourth-order valence-electron chi connectivity index (χ4n) is 3.19. The van der Waals surface area contributed by atoms with E-state index in [-0.39, 0.29) is 5.91 Å². The summed E-state index contributed by atoms with van der Waals surface area (Å²) in [6.07, 6.45) is 0.450. The van der Waals surface area contributed by atoms with Crippen molar-refractivity contribution in [3.05, 3.63) is 70.7 Å². The molecule has 0 spiro atoms. The molecule has 1 amide bonds. The third kappa shape index (κ3) is 4.16. The summed E-state index contributed by atoms with van der Waals surface area (Å²) in [5.74, 6) is 0.198. The Morgan fingerprint density at radius 1 is 1.00 bits per heavy atom. The lowest BCUT2D eigenvalue weighted by Crippen LogP contribution is -2.49. The van der Waals surface area contributed by atoms with Gasteiger partial charge in [-0.05, 0) is 30.2 Å². The minimum atomic E-state index is 0.198. The van der Waals surface area contributed by atoms with E-state index in [0.717, 1.165) is 31.7 Å². The second-order valence-electron chi connectivity index (χ2n) is 6.31. The molecule has 0 saturated carbocycles. The Bertz CT molecular complexity index is 664. The van der Waals surface area contributed by atoms with Gasteiger partial charge in [-0.15, -0.1) is 0 Å². The van der Waals surface area contributed by atoms with E-state index < -0.39 is 0 Å². The monoisotopic (exact) mass is 342 g/mol. The van der Waals surface area contributed by atoms with Crippen LogP contribution < -0.4 is 0 Å². The molecule has 1 heterocycles. The number of hydrogen-bond acceptors (Lipinski definition) is 2. The van der Waals surface area contributed by atoms with Crippen molar-refractivity contribution in [1.82, 2.24) is 9.80 Å². The number of rotatable bonds is 4. The van der Waals surface area contributed by atoms with Gasteiger partial charge >= 0.3 is 0 Å². The number of nitrogens with zero attached hydrogens (tertiary/aromatic N) is 2. The molecule has 0 N–H and O–H groups in total. The van der Waals surface area contributed by atoms with Crippen LogP contribution in [-0.2, 0) is 11.2 Å². The second kappa shape index (κ2) is 7.82. The molecule has 1 aliphatic heterocycles. The van der Waals surface area contributed by atoms with Gasteiger partial charge in [0, 0.05) is 37.2 Å². The quantitative estimate of drug-likeness (QED) is 0.844. The van der Waals surface area contributed by atoms with Crippen LogP contribution in [0.2, 0.25) is 5.02 Å². The van der Waals surface area contributed by atoms with E-state index in [1.807, 2.05) is 35.2 Å². The number of hydrogen-bond donors (Lipinski definition) is 0. The molecule has 0 aromatic heterocycles. The van der Waals surface area contributed by atoms with Crippen molar-refractivity contribution in [2.75, 3.05) is 26.2 Å². The van der Waals surface area contributed by atoms with Gasteiger partial charge in [-0.1, -0.05) is 54.1 Å². The molecule has 1 fully saturated rings. The summed E-state index contributed by atoms with van der Waals surface area (Å²) in [7, 11) is 0. The third-order valence-corrected chi connectivity index (χ3v) is 5.02. The van der Waals surface area contributed by atoms with Gasteiger partial charge < -0.3 is 4.90 Å². The Balaban J connectivity index is 1.53. The molecule has 24 heavy (non-hydrogen) atoms. The lowest BCUT2D eigenvalue weighted by Gasteiger charge is -2.38. The Morgan fingerprint density at radius 2 is 1.62 bits per heavy atom. The van der Waals surface area contributed by atoms with E-state index in [9.17, 15) is 4.79 Å². The SMILES string of the molecule is CC(c1ccccc1)N1CCN(C(=O)Cc2ccc(Cl)cc2)CC1. The predicted molar refractivity (Wildman–Crippen MR) is 98.2 cm³/mol. The average Bonchev–Trinajstić information content (AvgIpc) is 2.64. The minimum absolute atomic E-state index is 0.198. The number of amides is 1. The molecule has 0 radical (unpaired) electrons. The standard InChI is InChI=1S/C20H23ClN2O/c1-16(18-5-3-2-4-6-18)22-11-13-23(14-12-22)20(24)15-17-7-9-19(21)10-8-17/h2-10,16H,11-15H2,1H3. The van der Waals surface area contributed by atoms with Crippen molar-refractivity contribution < 1.29 is 4.79 Å². The highest BCUT2D eigenvalue weighted by Gasteiger charge is 2.24. The first-order chi connectivity index (χ1) is 11.6. The summed E-state index contributed by atoms with van der Waals surface area (Å²) < 4.78 is 0. The van der Waals surface area contributed by atoms with E-state index in [1.165, 1.54) is 5.56 Å². The van der Waals surface area contributed by atoms with Crippen LogP contribution in [0.1, 0.15) is 24.1 Å². The summed E-state index contributed by atoms with van der Waals surface area (Å²) >= 11 is 5.89. The van der Waals surface area contributed by atoms with Gasteiger partial charge in [0.15, 0.2) is 0 Å². The molecule has 1 saturated heterocycles. The zero-order chi connectivity index (χ0) is 16.9. The Morgan fingerprint density at radius 3 is 2.25 bits per heavy atom. The largest absolute Gasteiger partial charge is 0.340 e. The highest BCUT2D eigenvalue weighted by molar-refractivity contribution is 6.30. The molecule has 1 atom stereocenters. The van der Waals surface area contributed by atoms with Gasteiger partial charge in [-0.2, -0.15) is 0 Å². The summed E-state index contributed by atoms with van der Waals surface area (Å²) in [5.41, 5.74) is 2.35. The Kier molecular flexibility index (Phi) is 5.54. The summed E-state index contributed by atoms with van der Waals surface area (Å²) in [6.45, 7) is 5.67. The molecular weight excluding hydrogens is 320 g/mol. The van der Waals surface area contributed by atoms with Crippen LogP contribution in [-0.4, -0.2) is 41.9 Å². The van der Waals surface area contributed by atoms with Crippen molar-refractivity contribution in [3.63, 3.8) is 0 Å². The lowest BCUT2D eigenvalue weighted by molar-refractivity contribution is -0.132. The first kappa shape index (κ1) is 17.0. The first-order valence-corrected chi connectivity index (χ1v) is 8.82. The molecule has 4 heteroatoms. The topological polar surface area (TPSA) is 23.6 Å². The molecule has 3 nitrogen and oxygen atoms in total. The van der Waals surface area contributed by atoms with Crippen LogP contribution in [0.25, 0.3) is 0 Å². The molecule has 2 aromatic carbocycles. The minimum Gasteiger partial charge on any atom is -0.340 e. The van der Waals surface area contributed by atoms with Crippen LogP contribution in [0, 0.1) is 0 Å². The van der Waals surface area contributed by atoms with Crippen molar-refractivity contribution in [2.45, 2.75) is 19.4 Å². The lowest BCUT2D eigenvalue weighted by atomic mass is 10.1. The van der Waals surface area contributed by atoms with E-state index >= 15 is 0 Å². The fourth-order valence-corrected chi connectivity index (χ4v) is 3.32. The van der Waals surface area contributed by atoms with E-state index in [4.69, 9.17) is 11.6 Å². The van der Waals surface area contributed by atoms with Crippen LogP contribution >= 0.6 is 11.6 Å². The maximum absolute atomic E-state index is 12.5. The average molecular weight is 343 g/mol. The maximum atomic E-state index is 12.5. The molecule has 1 aliphatic rings. The molecule has 1 unspecified atom stereocenters. The van der Waals surface area contributed by atoms with Crippen LogP contribution in [0.3, 0.4) is 0 Å². The third-order valence-electron chi connectivity index (χ3n) is 4.77. The summed E-state index contributed by atoms with van der Waals surface area (Å²) in [5, 5.41) is 0.703. The molecular formula is C20H23ClN2O. The van der Waals surface area contributed by atoms with Crippen LogP contribution in [0.4, 0.5) is 0 Å². The van der Waals surface area contributed by atoms with Crippen LogP contribution in [0.15, 0.2) is 54.6 Å². The van der Waals surface area contributed by atoms with E-state index in [2.05, 4.69) is 36.1 Å². The number of carbonyl (C=O) groups is 1. The molecule has 3 rings (SSSR count). The maximum Gasteiger partial charge on any atom is 0.227 e. The highest BCUT2D eigenvalue weighted by Crippen LogP contribution is 2.21. The predicted octanol–water partition coefficient (Wildman–Crippen LogP) is 3.79. The van der Waals surface area contributed by atoms with E-state index in [0.29, 0.717) is 17.5 Å². The van der Waals surface area contributed by atoms with Gasteiger partial charge in [-0.3, -0.25) is 9.69 Å². The van der Waals surface area contributed by atoms with Gasteiger partial charge in [0.05, 0.1) is 6.42 Å². The fraction of sp³-hybridized carbons (Fsp3) is 0.350. The van der Waals surface area contributed by atoms with Crippen molar-refractivity contribution in [3.8, 4) is 0 Å². The van der Waals surface area contributed by atoms with Gasteiger partial charge in [-0.25, -0.2) is 0 Å². The normalized spacial score (nSPS) is 16.8. The van der Waals surface area contributed by atoms with Crippen molar-refractivity contribution in [2.24, 2.45) is 0 Å². The second-order valence-corrected chi connectivity index (χ2v) is 6.74. The van der Waals surface area contributed by atoms with E-state index in [1.54, 1.807) is 0 Å². The highest BCUT2D eigenvalue weighted by atomic mass is 35.5. The number of halogens is 1.